The lowest BCUT2D eigenvalue weighted by Crippen LogP contribution is -2.18. The van der Waals surface area contributed by atoms with Crippen LogP contribution in [0.4, 0.5) is 10.2 Å². The Morgan fingerprint density at radius 3 is 2.75 bits per heavy atom. The van der Waals surface area contributed by atoms with Crippen molar-refractivity contribution in [1.82, 2.24) is 9.88 Å². The molecule has 0 fully saturated rings. The van der Waals surface area contributed by atoms with Crippen molar-refractivity contribution < 1.29 is 4.39 Å². The number of hydrogen-bond donors (Lipinski definition) is 1. The summed E-state index contributed by atoms with van der Waals surface area (Å²) in [5.74, 6) is 0.728. The smallest absolute Gasteiger partial charge is 0.127 e. The minimum atomic E-state index is -0.151. The van der Waals surface area contributed by atoms with Crippen molar-refractivity contribution in [2.75, 3.05) is 18.9 Å². The van der Waals surface area contributed by atoms with Crippen LogP contribution in [0.15, 0.2) is 42.6 Å². The maximum Gasteiger partial charge on any atom is 0.127 e. The first-order valence-electron chi connectivity index (χ1n) is 6.79. The molecule has 0 atom stereocenters. The van der Waals surface area contributed by atoms with E-state index in [1.807, 2.05) is 38.2 Å². The van der Waals surface area contributed by atoms with Crippen molar-refractivity contribution in [2.45, 2.75) is 20.0 Å². The van der Waals surface area contributed by atoms with Gasteiger partial charge in [-0.25, -0.2) is 9.37 Å². The molecular formula is C16H20FN3. The third kappa shape index (κ3) is 4.03. The first kappa shape index (κ1) is 14.5. The molecule has 0 amide bonds. The van der Waals surface area contributed by atoms with E-state index in [-0.39, 0.29) is 5.82 Å². The summed E-state index contributed by atoms with van der Waals surface area (Å²) in [6.07, 6.45) is 1.80. The zero-order valence-electron chi connectivity index (χ0n) is 11.9. The van der Waals surface area contributed by atoms with Crippen LogP contribution in [0.3, 0.4) is 0 Å². The van der Waals surface area contributed by atoms with Gasteiger partial charge in [0.25, 0.3) is 0 Å². The minimum Gasteiger partial charge on any atom is -0.370 e. The van der Waals surface area contributed by atoms with Crippen LogP contribution >= 0.6 is 0 Å². The molecular weight excluding hydrogens is 253 g/mol. The van der Waals surface area contributed by atoms with Gasteiger partial charge < -0.3 is 5.32 Å². The summed E-state index contributed by atoms with van der Waals surface area (Å²) in [7, 11) is 1.99. The van der Waals surface area contributed by atoms with Crippen LogP contribution in [0.1, 0.15) is 18.1 Å². The third-order valence-corrected chi connectivity index (χ3v) is 3.03. The van der Waals surface area contributed by atoms with Gasteiger partial charge in [0.15, 0.2) is 0 Å². The normalized spacial score (nSPS) is 10.8. The molecule has 1 aromatic carbocycles. The fraction of sp³-hybridized carbons (Fsp3) is 0.312. The highest BCUT2D eigenvalue weighted by atomic mass is 19.1. The molecule has 1 heterocycles. The topological polar surface area (TPSA) is 28.2 Å². The highest BCUT2D eigenvalue weighted by Crippen LogP contribution is 2.13. The van der Waals surface area contributed by atoms with E-state index in [0.29, 0.717) is 6.54 Å². The quantitative estimate of drug-likeness (QED) is 0.875. The average Bonchev–Trinajstić information content (AvgIpc) is 2.42. The van der Waals surface area contributed by atoms with Crippen molar-refractivity contribution in [2.24, 2.45) is 0 Å². The molecule has 0 aliphatic carbocycles. The first-order chi connectivity index (χ1) is 9.69. The fourth-order valence-corrected chi connectivity index (χ4v) is 2.14. The van der Waals surface area contributed by atoms with Gasteiger partial charge in [-0.05, 0) is 37.7 Å². The lowest BCUT2D eigenvalue weighted by molar-refractivity contribution is 0.313. The molecule has 1 N–H and O–H groups in total. The number of rotatable bonds is 6. The highest BCUT2D eigenvalue weighted by molar-refractivity contribution is 5.37. The van der Waals surface area contributed by atoms with Crippen LogP contribution in [0, 0.1) is 5.82 Å². The number of halogens is 1. The lowest BCUT2D eigenvalue weighted by atomic mass is 10.2. The molecule has 106 valence electrons. The SMILES string of the molecule is CCNc1cc(CN(C)Cc2ccccc2F)ccn1. The van der Waals surface area contributed by atoms with Crippen molar-refractivity contribution in [3.05, 3.63) is 59.5 Å². The van der Waals surface area contributed by atoms with Gasteiger partial charge in [0.1, 0.15) is 11.6 Å². The Kier molecular flexibility index (Phi) is 5.07. The van der Waals surface area contributed by atoms with Gasteiger partial charge in [0.05, 0.1) is 0 Å². The molecule has 0 bridgehead atoms. The molecule has 0 unspecified atom stereocenters. The predicted octanol–water partition coefficient (Wildman–Crippen LogP) is 3.28. The Labute approximate surface area is 119 Å². The number of nitrogens with zero attached hydrogens (tertiary/aromatic N) is 2. The van der Waals surface area contributed by atoms with Crippen LogP contribution in [-0.4, -0.2) is 23.5 Å². The Morgan fingerprint density at radius 2 is 2.00 bits per heavy atom. The van der Waals surface area contributed by atoms with E-state index >= 15 is 0 Å². The predicted molar refractivity (Wildman–Crippen MR) is 80.0 cm³/mol. The molecule has 0 saturated carbocycles. The van der Waals surface area contributed by atoms with E-state index in [2.05, 4.69) is 15.2 Å². The number of aromatic nitrogens is 1. The Bertz CT molecular complexity index is 557. The van der Waals surface area contributed by atoms with Crippen LogP contribution in [0.2, 0.25) is 0 Å². The molecule has 3 nitrogen and oxygen atoms in total. The lowest BCUT2D eigenvalue weighted by Gasteiger charge is -2.17. The third-order valence-electron chi connectivity index (χ3n) is 3.03. The van der Waals surface area contributed by atoms with Gasteiger partial charge in [-0.2, -0.15) is 0 Å². The molecule has 0 radical (unpaired) electrons. The first-order valence-corrected chi connectivity index (χ1v) is 6.79. The Balaban J connectivity index is 1.99. The Morgan fingerprint density at radius 1 is 1.20 bits per heavy atom. The second-order valence-corrected chi connectivity index (χ2v) is 4.84. The van der Waals surface area contributed by atoms with Gasteiger partial charge in [-0.1, -0.05) is 18.2 Å². The zero-order chi connectivity index (χ0) is 14.4. The van der Waals surface area contributed by atoms with E-state index in [0.717, 1.165) is 30.0 Å². The highest BCUT2D eigenvalue weighted by Gasteiger charge is 2.06. The zero-order valence-corrected chi connectivity index (χ0v) is 11.9. The largest absolute Gasteiger partial charge is 0.370 e. The summed E-state index contributed by atoms with van der Waals surface area (Å²) < 4.78 is 13.6. The number of pyridine rings is 1. The number of hydrogen-bond acceptors (Lipinski definition) is 3. The van der Waals surface area contributed by atoms with E-state index in [1.165, 1.54) is 6.07 Å². The van der Waals surface area contributed by atoms with Crippen molar-refractivity contribution in [3.8, 4) is 0 Å². The molecule has 0 saturated heterocycles. The van der Waals surface area contributed by atoms with E-state index in [1.54, 1.807) is 12.3 Å². The second-order valence-electron chi connectivity index (χ2n) is 4.84. The number of anilines is 1. The fourth-order valence-electron chi connectivity index (χ4n) is 2.14. The molecule has 2 rings (SSSR count). The molecule has 4 heteroatoms. The van der Waals surface area contributed by atoms with E-state index in [4.69, 9.17) is 0 Å². The monoisotopic (exact) mass is 273 g/mol. The summed E-state index contributed by atoms with van der Waals surface area (Å²) in [5, 5.41) is 3.19. The van der Waals surface area contributed by atoms with Crippen LogP contribution in [-0.2, 0) is 13.1 Å². The van der Waals surface area contributed by atoms with Crippen LogP contribution < -0.4 is 5.32 Å². The maximum absolute atomic E-state index is 13.6. The average molecular weight is 273 g/mol. The van der Waals surface area contributed by atoms with Crippen molar-refractivity contribution in [3.63, 3.8) is 0 Å². The standard InChI is InChI=1S/C16H20FN3/c1-3-18-16-10-13(8-9-19-16)11-20(2)12-14-6-4-5-7-15(14)17/h4-10H,3,11-12H2,1-2H3,(H,18,19). The van der Waals surface area contributed by atoms with Gasteiger partial charge in [-0.15, -0.1) is 0 Å². The summed E-state index contributed by atoms with van der Waals surface area (Å²) >= 11 is 0. The molecule has 0 spiro atoms. The molecule has 1 aromatic heterocycles. The molecule has 0 aliphatic rings. The van der Waals surface area contributed by atoms with Gasteiger partial charge in [0, 0.05) is 31.4 Å². The summed E-state index contributed by atoms with van der Waals surface area (Å²) in [6, 6.07) is 10.9. The second kappa shape index (κ2) is 7.01. The van der Waals surface area contributed by atoms with Gasteiger partial charge in [-0.3, -0.25) is 4.90 Å². The van der Waals surface area contributed by atoms with E-state index in [9.17, 15) is 4.39 Å². The van der Waals surface area contributed by atoms with Gasteiger partial charge in [0.2, 0.25) is 0 Å². The molecule has 2 aromatic rings. The Hall–Kier alpha value is -1.94. The van der Waals surface area contributed by atoms with Crippen LogP contribution in [0.25, 0.3) is 0 Å². The maximum atomic E-state index is 13.6. The molecule has 20 heavy (non-hydrogen) atoms. The minimum absolute atomic E-state index is 0.151. The molecule has 0 aliphatic heterocycles. The van der Waals surface area contributed by atoms with Crippen molar-refractivity contribution >= 4 is 5.82 Å². The van der Waals surface area contributed by atoms with E-state index < -0.39 is 0 Å². The number of benzene rings is 1. The summed E-state index contributed by atoms with van der Waals surface area (Å²) in [5.41, 5.74) is 1.88. The number of nitrogens with one attached hydrogen (secondary N) is 1. The summed E-state index contributed by atoms with van der Waals surface area (Å²) in [4.78, 5) is 6.33. The van der Waals surface area contributed by atoms with Crippen molar-refractivity contribution in [1.29, 1.82) is 0 Å². The summed E-state index contributed by atoms with van der Waals surface area (Å²) in [6.45, 7) is 4.24. The van der Waals surface area contributed by atoms with Crippen LogP contribution in [0.5, 0.6) is 0 Å². The van der Waals surface area contributed by atoms with Gasteiger partial charge >= 0.3 is 0 Å².